The first-order valence-corrected chi connectivity index (χ1v) is 9.68. The lowest BCUT2D eigenvalue weighted by Crippen LogP contribution is -2.23. The number of carbonyl (C=O) groups is 2. The van der Waals surface area contributed by atoms with Crippen LogP contribution >= 0.6 is 11.8 Å². The molecular formula is C19H22N2O3S. The number of hydrogen-bond acceptors (Lipinski definition) is 5. The van der Waals surface area contributed by atoms with Gasteiger partial charge in [0.25, 0.3) is 5.91 Å². The number of amides is 1. The summed E-state index contributed by atoms with van der Waals surface area (Å²) < 4.78 is 5.16. The summed E-state index contributed by atoms with van der Waals surface area (Å²) in [4.78, 5) is 24.9. The van der Waals surface area contributed by atoms with Crippen LogP contribution in [0.15, 0.2) is 29.2 Å². The Hall–Kier alpha value is -2.00. The molecule has 1 amide bonds. The lowest BCUT2D eigenvalue weighted by molar-refractivity contribution is -0.148. The van der Waals surface area contributed by atoms with E-state index in [1.165, 1.54) is 31.0 Å². The third kappa shape index (κ3) is 4.76. The number of nitrogens with one attached hydrogen (secondary N) is 1. The molecule has 132 valence electrons. The molecule has 2 fully saturated rings. The van der Waals surface area contributed by atoms with E-state index in [1.54, 1.807) is 6.07 Å². The van der Waals surface area contributed by atoms with Crippen LogP contribution < -0.4 is 5.32 Å². The summed E-state index contributed by atoms with van der Waals surface area (Å²) >= 11 is 1.36. The molecule has 1 N–H and O–H groups in total. The van der Waals surface area contributed by atoms with Crippen LogP contribution in [0.1, 0.15) is 32.1 Å². The Morgan fingerprint density at radius 2 is 2.12 bits per heavy atom. The summed E-state index contributed by atoms with van der Waals surface area (Å²) in [6.45, 7) is -0.267. The van der Waals surface area contributed by atoms with Gasteiger partial charge in [-0.15, -0.1) is 11.8 Å². The van der Waals surface area contributed by atoms with Gasteiger partial charge in [-0.3, -0.25) is 9.59 Å². The quantitative estimate of drug-likeness (QED) is 0.595. The minimum absolute atomic E-state index is 0.267. The Kier molecular flexibility index (Phi) is 5.98. The highest BCUT2D eigenvalue weighted by atomic mass is 32.2. The fourth-order valence-corrected chi connectivity index (χ4v) is 4.71. The third-order valence-electron chi connectivity index (χ3n) is 5.13. The van der Waals surface area contributed by atoms with Crippen LogP contribution in [0.3, 0.4) is 0 Å². The predicted molar refractivity (Wildman–Crippen MR) is 95.9 cm³/mol. The molecule has 2 bridgehead atoms. The van der Waals surface area contributed by atoms with Crippen molar-refractivity contribution in [2.75, 3.05) is 17.7 Å². The molecule has 2 aliphatic carbocycles. The number of rotatable bonds is 7. The molecule has 0 heterocycles. The van der Waals surface area contributed by atoms with Gasteiger partial charge in [-0.2, -0.15) is 5.26 Å². The van der Waals surface area contributed by atoms with Crippen LogP contribution in [0, 0.1) is 29.1 Å². The Morgan fingerprint density at radius 3 is 2.84 bits per heavy atom. The second kappa shape index (κ2) is 8.39. The summed E-state index contributed by atoms with van der Waals surface area (Å²) in [6, 6.07) is 9.35. The standard InChI is InChI=1S/C19H22N2O3S/c20-7-8-25-17-4-2-1-3-16(17)21-18(22)12-24-19(23)11-15-10-13-5-6-14(15)9-13/h1-4,13-15H,5-6,8-12H2,(H,21,22)/t13-,14-,15-/m1/s1. The van der Waals surface area contributed by atoms with Crippen molar-refractivity contribution in [2.24, 2.45) is 17.8 Å². The van der Waals surface area contributed by atoms with E-state index < -0.39 is 0 Å². The number of para-hydroxylation sites is 1. The van der Waals surface area contributed by atoms with E-state index in [1.807, 2.05) is 18.2 Å². The van der Waals surface area contributed by atoms with Crippen molar-refractivity contribution in [3.05, 3.63) is 24.3 Å². The summed E-state index contributed by atoms with van der Waals surface area (Å²) in [5.74, 6) is 1.60. The van der Waals surface area contributed by atoms with Crippen molar-refractivity contribution in [3.63, 3.8) is 0 Å². The molecule has 2 aliphatic rings. The normalized spacial score (nSPS) is 23.9. The molecule has 0 aromatic heterocycles. The zero-order valence-corrected chi connectivity index (χ0v) is 14.9. The average molecular weight is 358 g/mol. The molecule has 2 saturated carbocycles. The zero-order valence-electron chi connectivity index (χ0n) is 14.1. The van der Waals surface area contributed by atoms with E-state index >= 15 is 0 Å². The fraction of sp³-hybridized carbons (Fsp3) is 0.526. The van der Waals surface area contributed by atoms with Crippen molar-refractivity contribution < 1.29 is 14.3 Å². The van der Waals surface area contributed by atoms with Crippen LogP contribution in [0.5, 0.6) is 0 Å². The first-order valence-electron chi connectivity index (χ1n) is 8.70. The molecule has 0 spiro atoms. The molecule has 3 atom stereocenters. The lowest BCUT2D eigenvalue weighted by Gasteiger charge is -2.20. The molecular weight excluding hydrogens is 336 g/mol. The minimum atomic E-state index is -0.355. The van der Waals surface area contributed by atoms with E-state index in [9.17, 15) is 9.59 Å². The SMILES string of the molecule is N#CCSc1ccccc1NC(=O)COC(=O)C[C@H]1C[C@@H]2CC[C@@H]1C2. The van der Waals surface area contributed by atoms with Crippen LogP contribution in [0.2, 0.25) is 0 Å². The monoisotopic (exact) mass is 358 g/mol. The number of esters is 1. The van der Waals surface area contributed by atoms with Gasteiger partial charge in [0.1, 0.15) is 0 Å². The average Bonchev–Trinajstić information content (AvgIpc) is 3.22. The van der Waals surface area contributed by atoms with Gasteiger partial charge in [0.15, 0.2) is 6.61 Å². The summed E-state index contributed by atoms with van der Waals surface area (Å²) in [6.07, 6.45) is 5.37. The molecule has 3 rings (SSSR count). The number of nitriles is 1. The number of fused-ring (bicyclic) bond motifs is 2. The van der Waals surface area contributed by atoms with E-state index in [2.05, 4.69) is 11.4 Å². The Balaban J connectivity index is 1.43. The van der Waals surface area contributed by atoms with Gasteiger partial charge in [0, 0.05) is 11.3 Å². The molecule has 0 unspecified atom stereocenters. The Bertz CT molecular complexity index is 685. The number of thioether (sulfide) groups is 1. The summed E-state index contributed by atoms with van der Waals surface area (Å²) in [5.41, 5.74) is 0.636. The van der Waals surface area contributed by atoms with Crippen molar-refractivity contribution in [1.29, 1.82) is 5.26 Å². The highest BCUT2D eigenvalue weighted by Gasteiger charge is 2.40. The van der Waals surface area contributed by atoms with Crippen molar-refractivity contribution >= 4 is 29.3 Å². The number of ether oxygens (including phenoxy) is 1. The summed E-state index contributed by atoms with van der Waals surface area (Å²) in [7, 11) is 0. The maximum atomic E-state index is 12.0. The van der Waals surface area contributed by atoms with Crippen LogP contribution in [-0.4, -0.2) is 24.2 Å². The van der Waals surface area contributed by atoms with Gasteiger partial charge in [0.2, 0.25) is 0 Å². The Morgan fingerprint density at radius 1 is 1.28 bits per heavy atom. The van der Waals surface area contributed by atoms with Gasteiger partial charge >= 0.3 is 5.97 Å². The highest BCUT2D eigenvalue weighted by Crippen LogP contribution is 2.49. The first kappa shape index (κ1) is 17.8. The topological polar surface area (TPSA) is 79.2 Å². The number of anilines is 1. The molecule has 6 heteroatoms. The van der Waals surface area contributed by atoms with Gasteiger partial charge < -0.3 is 10.1 Å². The Labute approximate surface area is 152 Å². The van der Waals surface area contributed by atoms with Gasteiger partial charge in [-0.25, -0.2) is 0 Å². The van der Waals surface area contributed by atoms with Gasteiger partial charge in [-0.1, -0.05) is 18.6 Å². The third-order valence-corrected chi connectivity index (χ3v) is 6.07. The number of benzene rings is 1. The maximum absolute atomic E-state index is 12.0. The van der Waals surface area contributed by atoms with Crippen molar-refractivity contribution in [2.45, 2.75) is 37.0 Å². The molecule has 1 aromatic rings. The van der Waals surface area contributed by atoms with Crippen molar-refractivity contribution in [3.8, 4) is 6.07 Å². The maximum Gasteiger partial charge on any atom is 0.306 e. The minimum Gasteiger partial charge on any atom is -0.456 e. The molecule has 0 saturated heterocycles. The van der Waals surface area contributed by atoms with Crippen LogP contribution in [0.4, 0.5) is 5.69 Å². The number of carbonyl (C=O) groups excluding carboxylic acids is 2. The predicted octanol–water partition coefficient (Wildman–Crippen LogP) is 3.61. The van der Waals surface area contributed by atoms with E-state index in [0.29, 0.717) is 29.7 Å². The van der Waals surface area contributed by atoms with Crippen LogP contribution in [0.25, 0.3) is 0 Å². The zero-order chi connectivity index (χ0) is 17.6. The number of nitrogens with zero attached hydrogens (tertiary/aromatic N) is 1. The van der Waals surface area contributed by atoms with Gasteiger partial charge in [-0.05, 0) is 49.1 Å². The highest BCUT2D eigenvalue weighted by molar-refractivity contribution is 7.99. The molecule has 5 nitrogen and oxygen atoms in total. The molecule has 1 aromatic carbocycles. The van der Waals surface area contributed by atoms with Crippen molar-refractivity contribution in [1.82, 2.24) is 0 Å². The molecule has 0 aliphatic heterocycles. The first-order chi connectivity index (χ1) is 12.2. The van der Waals surface area contributed by atoms with Gasteiger partial charge in [0.05, 0.1) is 17.5 Å². The summed E-state index contributed by atoms with van der Waals surface area (Å²) in [5, 5.41) is 11.4. The molecule has 0 radical (unpaired) electrons. The second-order valence-corrected chi connectivity index (χ2v) is 7.81. The van der Waals surface area contributed by atoms with E-state index in [0.717, 1.165) is 17.2 Å². The van der Waals surface area contributed by atoms with Crippen LogP contribution in [-0.2, 0) is 14.3 Å². The molecule has 25 heavy (non-hydrogen) atoms. The number of hydrogen-bond donors (Lipinski definition) is 1. The fourth-order valence-electron chi connectivity index (χ4n) is 4.04. The lowest BCUT2D eigenvalue weighted by atomic mass is 9.86. The largest absolute Gasteiger partial charge is 0.456 e. The van der Waals surface area contributed by atoms with E-state index in [-0.39, 0.29) is 18.5 Å². The second-order valence-electron chi connectivity index (χ2n) is 6.79. The van der Waals surface area contributed by atoms with E-state index in [4.69, 9.17) is 10.00 Å². The smallest absolute Gasteiger partial charge is 0.306 e.